The molecule has 1 aliphatic heterocycles. The third kappa shape index (κ3) is 6.87. The minimum absolute atomic E-state index is 0. The van der Waals surface area contributed by atoms with Crippen LogP contribution in [0.3, 0.4) is 0 Å². The largest absolute Gasteiger partial charge is 0.484 e. The fourth-order valence-corrected chi connectivity index (χ4v) is 4.62. The molecule has 2 aromatic heterocycles. The smallest absolute Gasteiger partial charge is 0.261 e. The van der Waals surface area contributed by atoms with Gasteiger partial charge in [-0.2, -0.15) is 0 Å². The Labute approximate surface area is 206 Å². The lowest BCUT2D eigenvalue weighted by Gasteiger charge is -2.28. The maximum absolute atomic E-state index is 13.1. The van der Waals surface area contributed by atoms with Crippen molar-refractivity contribution in [3.63, 3.8) is 0 Å². The number of hydrogen-bond donors (Lipinski definition) is 0. The average Bonchev–Trinajstić information content (AvgIpc) is 3.24. The van der Waals surface area contributed by atoms with Crippen molar-refractivity contribution in [2.45, 2.75) is 40.7 Å². The molecule has 182 valence electrons. The summed E-state index contributed by atoms with van der Waals surface area (Å²) in [6.07, 6.45) is 4.11. The van der Waals surface area contributed by atoms with Crippen molar-refractivity contribution < 1.29 is 14.3 Å². The Morgan fingerprint density at radius 3 is 2.44 bits per heavy atom. The third-order valence-electron chi connectivity index (χ3n) is 5.31. The summed E-state index contributed by atoms with van der Waals surface area (Å²) in [6, 6.07) is 12.9. The van der Waals surface area contributed by atoms with Gasteiger partial charge in [0.1, 0.15) is 10.8 Å². The standard InChI is InChI=1S/C23H24N4O3S.C2H6.CH4/c1-17(28)26-12-9-21(23-25-20(16-31-23)18-7-10-24-11-8-18)27(14-13-26)22(29)15-30-19-5-3-2-4-6-19;1-2;/h2-8,10-11,16,21H,9,12-15H2,1H3;1-2H3;1H4. The zero-order chi connectivity index (χ0) is 23.6. The van der Waals surface area contributed by atoms with E-state index < -0.39 is 0 Å². The lowest BCUT2D eigenvalue weighted by atomic mass is 10.1. The normalized spacial score (nSPS) is 15.3. The Bertz CT molecular complexity index is 1030. The van der Waals surface area contributed by atoms with Crippen LogP contribution in [0.5, 0.6) is 5.75 Å². The van der Waals surface area contributed by atoms with Gasteiger partial charge in [-0.15, -0.1) is 11.3 Å². The minimum Gasteiger partial charge on any atom is -0.484 e. The van der Waals surface area contributed by atoms with Gasteiger partial charge in [-0.1, -0.05) is 39.5 Å². The first-order chi connectivity index (χ1) is 16.1. The van der Waals surface area contributed by atoms with E-state index in [1.165, 1.54) is 11.3 Å². The predicted molar refractivity (Wildman–Crippen MR) is 137 cm³/mol. The molecule has 34 heavy (non-hydrogen) atoms. The number of hydrogen-bond acceptors (Lipinski definition) is 6. The number of nitrogens with zero attached hydrogens (tertiary/aromatic N) is 4. The summed E-state index contributed by atoms with van der Waals surface area (Å²) in [6.45, 7) is 7.06. The Kier molecular flexibility index (Phi) is 10.7. The second-order valence-electron chi connectivity index (χ2n) is 7.31. The SMILES string of the molecule is C.CC.CC(=O)N1CCC(c2nc(-c3ccncc3)cs2)N(C(=O)COc2ccccc2)CC1. The number of carbonyl (C=O) groups is 2. The number of thiazole rings is 1. The van der Waals surface area contributed by atoms with E-state index in [0.717, 1.165) is 16.3 Å². The first-order valence-electron chi connectivity index (χ1n) is 11.2. The molecule has 1 fully saturated rings. The van der Waals surface area contributed by atoms with Crippen molar-refractivity contribution >= 4 is 23.2 Å². The Balaban J connectivity index is 0.00000133. The van der Waals surface area contributed by atoms with Crippen molar-refractivity contribution in [1.29, 1.82) is 0 Å². The number of aromatic nitrogens is 2. The number of amides is 2. The molecule has 0 aliphatic carbocycles. The molecule has 3 heterocycles. The lowest BCUT2D eigenvalue weighted by molar-refractivity contribution is -0.136. The van der Waals surface area contributed by atoms with Gasteiger partial charge in [0.25, 0.3) is 5.91 Å². The van der Waals surface area contributed by atoms with Crippen LogP contribution >= 0.6 is 11.3 Å². The van der Waals surface area contributed by atoms with Gasteiger partial charge >= 0.3 is 0 Å². The van der Waals surface area contributed by atoms with E-state index in [4.69, 9.17) is 9.72 Å². The molecule has 7 nitrogen and oxygen atoms in total. The molecule has 1 unspecified atom stereocenters. The maximum Gasteiger partial charge on any atom is 0.261 e. The number of benzene rings is 1. The Morgan fingerprint density at radius 2 is 1.76 bits per heavy atom. The first-order valence-corrected chi connectivity index (χ1v) is 12.1. The van der Waals surface area contributed by atoms with Gasteiger partial charge in [-0.3, -0.25) is 14.6 Å². The summed E-state index contributed by atoms with van der Waals surface area (Å²) in [5, 5.41) is 2.87. The highest BCUT2D eigenvalue weighted by molar-refractivity contribution is 7.10. The van der Waals surface area contributed by atoms with Crippen LogP contribution in [0, 0.1) is 0 Å². The molecule has 8 heteroatoms. The van der Waals surface area contributed by atoms with Crippen LogP contribution in [0.1, 0.15) is 45.7 Å². The maximum atomic E-state index is 13.1. The highest BCUT2D eigenvalue weighted by Gasteiger charge is 2.32. The summed E-state index contributed by atoms with van der Waals surface area (Å²) < 4.78 is 5.70. The molecular weight excluding hydrogens is 448 g/mol. The van der Waals surface area contributed by atoms with Gasteiger partial charge in [0, 0.05) is 49.9 Å². The van der Waals surface area contributed by atoms with E-state index in [-0.39, 0.29) is 31.9 Å². The van der Waals surface area contributed by atoms with Gasteiger partial charge in [0.2, 0.25) is 5.91 Å². The molecule has 1 saturated heterocycles. The molecule has 0 bridgehead atoms. The highest BCUT2D eigenvalue weighted by atomic mass is 32.1. The number of para-hydroxylation sites is 1. The van der Waals surface area contributed by atoms with Crippen molar-refractivity contribution in [2.75, 3.05) is 26.2 Å². The summed E-state index contributed by atoms with van der Waals surface area (Å²) in [4.78, 5) is 37.5. The van der Waals surface area contributed by atoms with E-state index >= 15 is 0 Å². The number of carbonyl (C=O) groups excluding carboxylic acids is 2. The van der Waals surface area contributed by atoms with Gasteiger partial charge in [-0.25, -0.2) is 4.98 Å². The second kappa shape index (κ2) is 13.4. The summed E-state index contributed by atoms with van der Waals surface area (Å²) in [5.74, 6) is 0.562. The molecule has 0 spiro atoms. The van der Waals surface area contributed by atoms with Crippen LogP contribution in [0.15, 0.2) is 60.2 Å². The van der Waals surface area contributed by atoms with Crippen LogP contribution in [-0.4, -0.2) is 57.8 Å². The zero-order valence-corrected chi connectivity index (χ0v) is 20.1. The van der Waals surface area contributed by atoms with Crippen molar-refractivity contribution in [3.05, 3.63) is 65.2 Å². The fraction of sp³-hybridized carbons (Fsp3) is 0.385. The molecular formula is C26H34N4O3S. The van der Waals surface area contributed by atoms with Crippen molar-refractivity contribution in [1.82, 2.24) is 19.8 Å². The quantitative estimate of drug-likeness (QED) is 0.508. The van der Waals surface area contributed by atoms with E-state index in [9.17, 15) is 9.59 Å². The summed E-state index contributed by atoms with van der Waals surface area (Å²) in [5.41, 5.74) is 1.85. The van der Waals surface area contributed by atoms with Crippen LogP contribution in [0.4, 0.5) is 0 Å². The molecule has 0 radical (unpaired) electrons. The van der Waals surface area contributed by atoms with E-state index in [1.54, 1.807) is 29.1 Å². The van der Waals surface area contributed by atoms with Gasteiger partial charge in [-0.05, 0) is 30.7 Å². The summed E-state index contributed by atoms with van der Waals surface area (Å²) in [7, 11) is 0. The molecule has 3 aromatic rings. The van der Waals surface area contributed by atoms with Crippen molar-refractivity contribution in [3.8, 4) is 17.0 Å². The second-order valence-corrected chi connectivity index (χ2v) is 8.20. The minimum atomic E-state index is -0.197. The molecule has 2 amide bonds. The molecule has 4 rings (SSSR count). The fourth-order valence-electron chi connectivity index (χ4n) is 3.64. The van der Waals surface area contributed by atoms with E-state index in [1.807, 2.05) is 61.7 Å². The van der Waals surface area contributed by atoms with Crippen LogP contribution < -0.4 is 4.74 Å². The zero-order valence-electron chi connectivity index (χ0n) is 19.3. The highest BCUT2D eigenvalue weighted by Crippen LogP contribution is 2.32. The van der Waals surface area contributed by atoms with Gasteiger partial charge in [0.05, 0.1) is 11.7 Å². The van der Waals surface area contributed by atoms with Gasteiger partial charge < -0.3 is 14.5 Å². The average molecular weight is 483 g/mol. The van der Waals surface area contributed by atoms with Crippen LogP contribution in [0.2, 0.25) is 0 Å². The van der Waals surface area contributed by atoms with E-state index in [2.05, 4.69) is 4.98 Å². The lowest BCUT2D eigenvalue weighted by Crippen LogP contribution is -2.40. The first kappa shape index (κ1) is 27.0. The third-order valence-corrected chi connectivity index (χ3v) is 6.26. The van der Waals surface area contributed by atoms with Gasteiger partial charge in [0.15, 0.2) is 6.61 Å². The van der Waals surface area contributed by atoms with E-state index in [0.29, 0.717) is 31.8 Å². The van der Waals surface area contributed by atoms with Crippen LogP contribution in [0.25, 0.3) is 11.3 Å². The molecule has 0 N–H and O–H groups in total. The van der Waals surface area contributed by atoms with Crippen molar-refractivity contribution in [2.24, 2.45) is 0 Å². The summed E-state index contributed by atoms with van der Waals surface area (Å²) >= 11 is 1.54. The Hall–Kier alpha value is -3.26. The predicted octanol–water partition coefficient (Wildman–Crippen LogP) is 5.07. The monoisotopic (exact) mass is 482 g/mol. The Morgan fingerprint density at radius 1 is 1.06 bits per heavy atom. The number of pyridine rings is 1. The molecule has 0 saturated carbocycles. The topological polar surface area (TPSA) is 75.6 Å². The number of rotatable bonds is 5. The van der Waals surface area contributed by atoms with Crippen LogP contribution in [-0.2, 0) is 9.59 Å². The number of ether oxygens (including phenoxy) is 1. The molecule has 1 aromatic carbocycles. The molecule has 1 aliphatic rings. The molecule has 1 atom stereocenters.